The van der Waals surface area contributed by atoms with E-state index in [0.717, 1.165) is 33.4 Å². The molecule has 2 aliphatic carbocycles. The number of amides is 2. The molecule has 4 nitrogen and oxygen atoms in total. The zero-order valence-electron chi connectivity index (χ0n) is 19.9. The molecule has 0 aromatic heterocycles. The van der Waals surface area contributed by atoms with E-state index in [4.69, 9.17) is 0 Å². The summed E-state index contributed by atoms with van der Waals surface area (Å²) in [5, 5.41) is 2.62. The average Bonchev–Trinajstić information content (AvgIpc) is 3.49. The molecule has 2 amide bonds. The smallest absolute Gasteiger partial charge is 0.232 e. The summed E-state index contributed by atoms with van der Waals surface area (Å²) >= 11 is 0. The van der Waals surface area contributed by atoms with Crippen molar-refractivity contribution in [3.63, 3.8) is 0 Å². The molecule has 1 saturated heterocycles. The normalized spacial score (nSPS) is 27.9. The number of benzene rings is 4. The second-order valence-corrected chi connectivity index (χ2v) is 9.97. The number of fused-ring (bicyclic) bond motifs is 5. The zero-order chi connectivity index (χ0) is 25.2. The lowest BCUT2D eigenvalue weighted by Crippen LogP contribution is -2.44. The standard InChI is InChI=1S/C33H23NO3/c35-29-27-28(30(36)34-29)33(24-19-11-4-12-20-24)26(22-15-7-2-8-16-22)25(21-13-5-1-6-14-21)32(27,31(33)37)23-17-9-3-10-18-23/h1-20,27-28H,(H,34,35,36)/t27-,28+,32-,33+. The van der Waals surface area contributed by atoms with Crippen LogP contribution in [0.1, 0.15) is 22.3 Å². The van der Waals surface area contributed by atoms with Crippen molar-refractivity contribution in [2.24, 2.45) is 11.8 Å². The van der Waals surface area contributed by atoms with Crippen molar-refractivity contribution in [3.05, 3.63) is 144 Å². The van der Waals surface area contributed by atoms with E-state index in [-0.39, 0.29) is 17.6 Å². The second kappa shape index (κ2) is 7.71. The number of nitrogens with one attached hydrogen (secondary N) is 1. The van der Waals surface area contributed by atoms with E-state index in [9.17, 15) is 9.59 Å². The number of rotatable bonds is 4. The van der Waals surface area contributed by atoms with Crippen LogP contribution in [0.4, 0.5) is 0 Å². The first-order chi connectivity index (χ1) is 18.1. The maximum absolute atomic E-state index is 15.3. The molecule has 0 radical (unpaired) electrons. The van der Waals surface area contributed by atoms with Crippen molar-refractivity contribution < 1.29 is 14.4 Å². The van der Waals surface area contributed by atoms with Crippen LogP contribution in [-0.4, -0.2) is 17.6 Å². The van der Waals surface area contributed by atoms with E-state index in [1.165, 1.54) is 0 Å². The largest absolute Gasteiger partial charge is 0.297 e. The molecule has 4 aromatic carbocycles. The Morgan fingerprint density at radius 1 is 0.459 bits per heavy atom. The van der Waals surface area contributed by atoms with E-state index in [1.54, 1.807) is 0 Å². The number of hydrogen-bond acceptors (Lipinski definition) is 3. The van der Waals surface area contributed by atoms with Gasteiger partial charge in [0.1, 0.15) is 0 Å². The van der Waals surface area contributed by atoms with Crippen LogP contribution in [0.2, 0.25) is 0 Å². The minimum Gasteiger partial charge on any atom is -0.297 e. The maximum atomic E-state index is 15.3. The quantitative estimate of drug-likeness (QED) is 0.419. The maximum Gasteiger partial charge on any atom is 0.232 e. The molecular weight excluding hydrogens is 458 g/mol. The highest BCUT2D eigenvalue weighted by Crippen LogP contribution is 2.73. The van der Waals surface area contributed by atoms with Crippen LogP contribution in [-0.2, 0) is 25.2 Å². The third-order valence-corrected chi connectivity index (χ3v) is 8.42. The minimum absolute atomic E-state index is 0.103. The van der Waals surface area contributed by atoms with Crippen molar-refractivity contribution in [2.75, 3.05) is 0 Å². The summed E-state index contributed by atoms with van der Waals surface area (Å²) in [7, 11) is 0. The third kappa shape index (κ3) is 2.54. The molecule has 1 aliphatic heterocycles. The van der Waals surface area contributed by atoms with Gasteiger partial charge in [-0.05, 0) is 33.4 Å². The molecule has 1 N–H and O–H groups in total. The van der Waals surface area contributed by atoms with Crippen LogP contribution < -0.4 is 5.32 Å². The van der Waals surface area contributed by atoms with Crippen LogP contribution in [0.25, 0.3) is 11.1 Å². The SMILES string of the molecule is O=C1NC(=O)[C@H]2[C@@H]1[C@@]1(c3ccccc3)C(=O)[C@]2(c2ccccc2)C(c2ccccc2)=C1c1ccccc1. The summed E-state index contributed by atoms with van der Waals surface area (Å²) in [4.78, 5) is 42.6. The molecule has 4 atom stereocenters. The zero-order valence-corrected chi connectivity index (χ0v) is 19.9. The van der Waals surface area contributed by atoms with E-state index in [0.29, 0.717) is 0 Å². The van der Waals surface area contributed by atoms with Crippen LogP contribution in [0.5, 0.6) is 0 Å². The van der Waals surface area contributed by atoms with Gasteiger partial charge in [0.25, 0.3) is 0 Å². The molecule has 1 saturated carbocycles. The summed E-state index contributed by atoms with van der Waals surface area (Å²) < 4.78 is 0. The van der Waals surface area contributed by atoms with Gasteiger partial charge in [0.05, 0.1) is 22.7 Å². The van der Waals surface area contributed by atoms with Crippen molar-refractivity contribution in [1.82, 2.24) is 5.32 Å². The Labute approximate surface area is 214 Å². The lowest BCUT2D eigenvalue weighted by Gasteiger charge is -2.39. The fraction of sp³-hybridized carbons (Fsp3) is 0.121. The fourth-order valence-electron chi connectivity index (χ4n) is 7.26. The lowest BCUT2D eigenvalue weighted by atomic mass is 9.59. The Morgan fingerprint density at radius 3 is 1.14 bits per heavy atom. The fourth-order valence-corrected chi connectivity index (χ4v) is 7.26. The molecule has 2 fully saturated rings. The predicted molar refractivity (Wildman–Crippen MR) is 141 cm³/mol. The monoisotopic (exact) mass is 481 g/mol. The number of allylic oxidation sites excluding steroid dienone is 2. The van der Waals surface area contributed by atoms with Crippen molar-refractivity contribution >= 4 is 28.7 Å². The molecule has 4 aromatic rings. The van der Waals surface area contributed by atoms with E-state index < -0.39 is 22.7 Å². The van der Waals surface area contributed by atoms with Gasteiger partial charge in [-0.25, -0.2) is 0 Å². The molecule has 2 bridgehead atoms. The van der Waals surface area contributed by atoms with Gasteiger partial charge < -0.3 is 0 Å². The summed E-state index contributed by atoms with van der Waals surface area (Å²) in [5.41, 5.74) is 2.22. The Balaban J connectivity index is 1.73. The molecule has 0 spiro atoms. The topological polar surface area (TPSA) is 63.2 Å². The molecule has 7 rings (SSSR count). The number of ketones is 1. The van der Waals surface area contributed by atoms with Crippen LogP contribution in [0.15, 0.2) is 121 Å². The molecule has 1 heterocycles. The van der Waals surface area contributed by atoms with Gasteiger partial charge in [0.2, 0.25) is 11.8 Å². The van der Waals surface area contributed by atoms with E-state index >= 15 is 4.79 Å². The van der Waals surface area contributed by atoms with Gasteiger partial charge in [-0.2, -0.15) is 0 Å². The number of carbonyl (C=O) groups excluding carboxylic acids is 3. The minimum atomic E-state index is -1.31. The van der Waals surface area contributed by atoms with Crippen molar-refractivity contribution in [3.8, 4) is 0 Å². The molecular formula is C33H23NO3. The summed E-state index contributed by atoms with van der Waals surface area (Å²) in [6, 6.07) is 38.8. The number of imide groups is 1. The average molecular weight is 482 g/mol. The van der Waals surface area contributed by atoms with Gasteiger partial charge in [0, 0.05) is 0 Å². The Hall–Kier alpha value is -4.57. The van der Waals surface area contributed by atoms with E-state index in [1.807, 2.05) is 121 Å². The van der Waals surface area contributed by atoms with E-state index in [2.05, 4.69) is 5.32 Å². The van der Waals surface area contributed by atoms with Crippen LogP contribution in [0.3, 0.4) is 0 Å². The summed E-state index contributed by atoms with van der Waals surface area (Å²) in [5.74, 6) is -2.57. The van der Waals surface area contributed by atoms with Gasteiger partial charge >= 0.3 is 0 Å². The van der Waals surface area contributed by atoms with Gasteiger partial charge in [-0.1, -0.05) is 121 Å². The summed E-state index contributed by atoms with van der Waals surface area (Å²) in [6.45, 7) is 0. The number of hydrogen-bond donors (Lipinski definition) is 1. The Bertz CT molecular complexity index is 1480. The third-order valence-electron chi connectivity index (χ3n) is 8.42. The molecule has 37 heavy (non-hydrogen) atoms. The van der Waals surface area contributed by atoms with Crippen LogP contribution in [0, 0.1) is 11.8 Å². The number of carbonyl (C=O) groups is 3. The van der Waals surface area contributed by atoms with Gasteiger partial charge in [0.15, 0.2) is 5.78 Å². The second-order valence-electron chi connectivity index (χ2n) is 9.97. The Morgan fingerprint density at radius 2 is 0.784 bits per heavy atom. The first-order valence-corrected chi connectivity index (χ1v) is 12.5. The highest BCUT2D eigenvalue weighted by atomic mass is 16.2. The highest BCUT2D eigenvalue weighted by Gasteiger charge is 2.81. The van der Waals surface area contributed by atoms with Gasteiger partial charge in [-0.3, -0.25) is 19.7 Å². The predicted octanol–water partition coefficient (Wildman–Crippen LogP) is 4.96. The molecule has 4 heteroatoms. The molecule has 178 valence electrons. The van der Waals surface area contributed by atoms with Crippen molar-refractivity contribution in [2.45, 2.75) is 10.8 Å². The first-order valence-electron chi connectivity index (χ1n) is 12.5. The van der Waals surface area contributed by atoms with Crippen molar-refractivity contribution in [1.29, 1.82) is 0 Å². The first kappa shape index (κ1) is 21.7. The number of Topliss-reactive ketones (excluding diaryl/α,β-unsaturated/α-hetero) is 1. The van der Waals surface area contributed by atoms with Gasteiger partial charge in [-0.15, -0.1) is 0 Å². The highest BCUT2D eigenvalue weighted by molar-refractivity contribution is 6.35. The lowest BCUT2D eigenvalue weighted by molar-refractivity contribution is -0.132. The molecule has 3 aliphatic rings. The molecule has 0 unspecified atom stereocenters. The summed E-state index contributed by atoms with van der Waals surface area (Å²) in [6.07, 6.45) is 0. The van der Waals surface area contributed by atoms with Crippen LogP contribution >= 0.6 is 0 Å². The Kier molecular flexibility index (Phi) is 4.52.